The second-order valence-electron chi connectivity index (χ2n) is 10.0. The molecule has 0 spiro atoms. The number of esters is 3. The molecule has 0 saturated carbocycles. The van der Waals surface area contributed by atoms with Crippen molar-refractivity contribution in [2.75, 3.05) is 6.61 Å². The Labute approximate surface area is 256 Å². The minimum absolute atomic E-state index is 0.110. The average molecular weight is 608 g/mol. The molecule has 0 aliphatic carbocycles. The van der Waals surface area contributed by atoms with Crippen molar-refractivity contribution in [1.29, 1.82) is 0 Å². The van der Waals surface area contributed by atoms with E-state index >= 15 is 0 Å². The van der Waals surface area contributed by atoms with Crippen molar-refractivity contribution in [3.63, 3.8) is 0 Å². The number of rotatable bonds is 9. The topological polar surface area (TPSA) is 135 Å². The van der Waals surface area contributed by atoms with E-state index in [2.05, 4.69) is 0 Å². The van der Waals surface area contributed by atoms with Crippen LogP contribution in [-0.2, 0) is 23.8 Å². The van der Waals surface area contributed by atoms with Crippen LogP contribution in [0.2, 0.25) is 0 Å². The van der Waals surface area contributed by atoms with Crippen LogP contribution >= 0.6 is 0 Å². The normalized spacial score (nSPS) is 20.4. The van der Waals surface area contributed by atoms with Crippen molar-refractivity contribution >= 4 is 29.7 Å². The van der Waals surface area contributed by atoms with Crippen LogP contribution in [0.4, 0.5) is 0 Å². The third kappa shape index (κ3) is 6.21. The Kier molecular flexibility index (Phi) is 8.45. The predicted octanol–water partition coefficient (Wildman–Crippen LogP) is 4.25. The number of carbonyl (C=O) groups is 5. The van der Waals surface area contributed by atoms with Crippen molar-refractivity contribution < 1.29 is 47.8 Å². The summed E-state index contributed by atoms with van der Waals surface area (Å²) in [5.41, 5.74) is 0.844. The highest BCUT2D eigenvalue weighted by Gasteiger charge is 2.54. The molecule has 2 aliphatic heterocycles. The smallest absolute Gasteiger partial charge is 0.338 e. The molecular formula is C34H25NO10. The summed E-state index contributed by atoms with van der Waals surface area (Å²) in [6.07, 6.45) is -5.77. The van der Waals surface area contributed by atoms with Crippen molar-refractivity contribution in [2.24, 2.45) is 0 Å². The highest BCUT2D eigenvalue weighted by atomic mass is 16.8. The van der Waals surface area contributed by atoms with Crippen LogP contribution in [0.5, 0.6) is 0 Å². The van der Waals surface area contributed by atoms with E-state index in [1.165, 1.54) is 36.4 Å². The summed E-state index contributed by atoms with van der Waals surface area (Å²) >= 11 is 0. The summed E-state index contributed by atoms with van der Waals surface area (Å²) in [6.45, 7) is -0.457. The van der Waals surface area contributed by atoms with Gasteiger partial charge in [-0.05, 0) is 48.5 Å². The molecule has 0 unspecified atom stereocenters. The molecule has 4 aromatic rings. The van der Waals surface area contributed by atoms with E-state index in [4.69, 9.17) is 23.8 Å². The Morgan fingerprint density at radius 3 is 1.49 bits per heavy atom. The molecule has 1 saturated heterocycles. The van der Waals surface area contributed by atoms with Crippen LogP contribution in [0.15, 0.2) is 115 Å². The Hall–Kier alpha value is -5.65. The predicted molar refractivity (Wildman–Crippen MR) is 155 cm³/mol. The van der Waals surface area contributed by atoms with Crippen LogP contribution in [0, 0.1) is 0 Å². The van der Waals surface area contributed by atoms with E-state index in [1.54, 1.807) is 78.9 Å². The number of ether oxygens (including phenoxy) is 4. The molecule has 6 rings (SSSR count). The maximum Gasteiger partial charge on any atom is 0.338 e. The number of carbonyl (C=O) groups excluding carboxylic acids is 5. The molecule has 0 N–H and O–H groups in total. The zero-order chi connectivity index (χ0) is 31.3. The lowest BCUT2D eigenvalue weighted by Crippen LogP contribution is -2.45. The number of hydroxylamine groups is 2. The van der Waals surface area contributed by atoms with Gasteiger partial charge in [-0.1, -0.05) is 66.7 Å². The first kappa shape index (κ1) is 29.4. The van der Waals surface area contributed by atoms with Gasteiger partial charge in [-0.3, -0.25) is 9.59 Å². The number of benzene rings is 4. The van der Waals surface area contributed by atoms with E-state index in [-0.39, 0.29) is 27.8 Å². The molecule has 11 nitrogen and oxygen atoms in total. The number of amides is 2. The van der Waals surface area contributed by atoms with Crippen LogP contribution in [0.3, 0.4) is 0 Å². The highest BCUT2D eigenvalue weighted by Crippen LogP contribution is 2.33. The quantitative estimate of drug-likeness (QED) is 0.154. The summed E-state index contributed by atoms with van der Waals surface area (Å²) in [5, 5.41) is 0.507. The monoisotopic (exact) mass is 607 g/mol. The third-order valence-corrected chi connectivity index (χ3v) is 7.13. The van der Waals surface area contributed by atoms with Crippen LogP contribution in [0.25, 0.3) is 0 Å². The standard InChI is InChI=1S/C34H25NO10/c36-29-24-18-10-11-19-25(24)30(37)35(29)45-34-28(44-33(40)23-16-8-3-9-17-23)27(43-32(39)22-14-6-2-7-15-22)26(42-34)20-41-31(38)21-12-4-1-5-13-21/h1-19,26-28,34H,20H2/t26-,27-,28+,34-/m1/s1. The number of fused-ring (bicyclic) bond motifs is 1. The van der Waals surface area contributed by atoms with Gasteiger partial charge in [-0.2, -0.15) is 0 Å². The molecule has 1 fully saturated rings. The largest absolute Gasteiger partial charge is 0.459 e. The molecule has 226 valence electrons. The average Bonchev–Trinajstić information content (AvgIpc) is 3.53. The van der Waals surface area contributed by atoms with Gasteiger partial charge in [0, 0.05) is 0 Å². The summed E-state index contributed by atoms with van der Waals surface area (Å²) in [5.74, 6) is -3.81. The molecule has 11 heteroatoms. The Balaban J connectivity index is 1.31. The zero-order valence-corrected chi connectivity index (χ0v) is 23.5. The van der Waals surface area contributed by atoms with Gasteiger partial charge < -0.3 is 18.9 Å². The van der Waals surface area contributed by atoms with Gasteiger partial charge in [0.25, 0.3) is 11.8 Å². The SMILES string of the molecule is O=C(OC[C@H]1O[C@H](ON2C(=O)c3ccccc3C2=O)[C@@H](OC(=O)c2ccccc2)[C@@H]1OC(=O)c1ccccc1)c1ccccc1. The molecule has 2 amide bonds. The van der Waals surface area contributed by atoms with E-state index in [0.717, 1.165) is 0 Å². The number of hydrogen-bond donors (Lipinski definition) is 0. The van der Waals surface area contributed by atoms with Crippen LogP contribution < -0.4 is 0 Å². The highest BCUT2D eigenvalue weighted by molar-refractivity contribution is 6.20. The molecular weight excluding hydrogens is 582 g/mol. The van der Waals surface area contributed by atoms with Gasteiger partial charge in [-0.15, -0.1) is 5.06 Å². The first-order valence-electron chi connectivity index (χ1n) is 13.9. The fraction of sp³-hybridized carbons (Fsp3) is 0.147. The van der Waals surface area contributed by atoms with E-state index in [9.17, 15) is 24.0 Å². The first-order chi connectivity index (χ1) is 21.9. The number of imide groups is 1. The Morgan fingerprint density at radius 1 is 0.578 bits per heavy atom. The molecule has 45 heavy (non-hydrogen) atoms. The fourth-order valence-corrected chi connectivity index (χ4v) is 4.89. The van der Waals surface area contributed by atoms with Crippen molar-refractivity contribution in [3.05, 3.63) is 143 Å². The summed E-state index contributed by atoms with van der Waals surface area (Å²) < 4.78 is 23.1. The lowest BCUT2D eigenvalue weighted by atomic mass is 10.1. The van der Waals surface area contributed by atoms with Crippen molar-refractivity contribution in [1.82, 2.24) is 5.06 Å². The van der Waals surface area contributed by atoms with Crippen molar-refractivity contribution in [2.45, 2.75) is 24.6 Å². The minimum Gasteiger partial charge on any atom is -0.459 e. The molecule has 0 aromatic heterocycles. The Bertz CT molecular complexity index is 1690. The molecule has 2 heterocycles. The molecule has 2 aliphatic rings. The van der Waals surface area contributed by atoms with E-state index < -0.39 is 60.9 Å². The molecule has 4 atom stereocenters. The number of hydrogen-bond acceptors (Lipinski definition) is 10. The summed E-state index contributed by atoms with van der Waals surface area (Å²) in [4.78, 5) is 71.2. The Morgan fingerprint density at radius 2 is 1.00 bits per heavy atom. The van der Waals surface area contributed by atoms with Gasteiger partial charge in [-0.25, -0.2) is 19.2 Å². The second kappa shape index (κ2) is 12.9. The van der Waals surface area contributed by atoms with Gasteiger partial charge in [0.2, 0.25) is 6.29 Å². The van der Waals surface area contributed by atoms with Crippen LogP contribution in [0.1, 0.15) is 51.8 Å². The minimum atomic E-state index is -1.63. The van der Waals surface area contributed by atoms with Gasteiger partial charge in [0.15, 0.2) is 12.2 Å². The molecule has 4 aromatic carbocycles. The van der Waals surface area contributed by atoms with Gasteiger partial charge in [0.05, 0.1) is 27.8 Å². The van der Waals surface area contributed by atoms with E-state index in [1.807, 2.05) is 0 Å². The summed E-state index contributed by atoms with van der Waals surface area (Å²) in [6, 6.07) is 30.4. The molecule has 0 radical (unpaired) electrons. The maximum atomic E-state index is 13.2. The maximum absolute atomic E-state index is 13.2. The van der Waals surface area contributed by atoms with E-state index in [0.29, 0.717) is 5.06 Å². The third-order valence-electron chi connectivity index (χ3n) is 7.13. The van der Waals surface area contributed by atoms with Gasteiger partial charge >= 0.3 is 17.9 Å². The molecule has 0 bridgehead atoms. The lowest BCUT2D eigenvalue weighted by molar-refractivity contribution is -0.249. The van der Waals surface area contributed by atoms with Gasteiger partial charge in [0.1, 0.15) is 12.7 Å². The number of nitrogens with zero attached hydrogens (tertiary/aromatic N) is 1. The zero-order valence-electron chi connectivity index (χ0n) is 23.5. The first-order valence-corrected chi connectivity index (χ1v) is 13.9. The summed E-state index contributed by atoms with van der Waals surface area (Å²) in [7, 11) is 0. The second-order valence-corrected chi connectivity index (χ2v) is 10.0. The fourth-order valence-electron chi connectivity index (χ4n) is 4.89. The van der Waals surface area contributed by atoms with Crippen molar-refractivity contribution in [3.8, 4) is 0 Å². The lowest BCUT2D eigenvalue weighted by Gasteiger charge is -2.25. The van der Waals surface area contributed by atoms with Crippen LogP contribution in [-0.4, -0.2) is 66.0 Å².